The fourth-order valence-electron chi connectivity index (χ4n) is 8.57. The van der Waals surface area contributed by atoms with E-state index in [2.05, 4.69) is 239 Å². The maximum absolute atomic E-state index is 6.27. The van der Waals surface area contributed by atoms with Crippen LogP contribution in [0, 0.1) is 0 Å². The highest BCUT2D eigenvalue weighted by Crippen LogP contribution is 2.43. The minimum Gasteiger partial charge on any atom is -0.456 e. The molecule has 0 unspecified atom stereocenters. The maximum Gasteiger partial charge on any atom is 0.136 e. The van der Waals surface area contributed by atoms with E-state index in [4.69, 9.17) is 4.42 Å². The van der Waals surface area contributed by atoms with Gasteiger partial charge in [0.25, 0.3) is 0 Å². The first-order chi connectivity index (χ1) is 29.7. The van der Waals surface area contributed by atoms with Crippen LogP contribution in [0.2, 0.25) is 0 Å². The normalized spacial score (nSPS) is 11.3. The first kappa shape index (κ1) is 35.1. The third-order valence-corrected chi connectivity index (χ3v) is 11.3. The number of benzene rings is 10. The second-order valence-corrected chi connectivity index (χ2v) is 15.0. The van der Waals surface area contributed by atoms with Crippen molar-refractivity contribution in [3.8, 4) is 0 Å². The van der Waals surface area contributed by atoms with E-state index in [0.29, 0.717) is 0 Å². The van der Waals surface area contributed by atoms with Crippen molar-refractivity contribution >= 4 is 94.7 Å². The second kappa shape index (κ2) is 15.0. The van der Waals surface area contributed by atoms with Crippen molar-refractivity contribution in [3.63, 3.8) is 0 Å². The highest BCUT2D eigenvalue weighted by Gasteiger charge is 2.19. The van der Waals surface area contributed by atoms with E-state index in [1.165, 1.54) is 16.2 Å². The summed E-state index contributed by atoms with van der Waals surface area (Å²) in [7, 11) is 0. The minimum absolute atomic E-state index is 0.909. The Morgan fingerprint density at radius 3 is 1.13 bits per heavy atom. The fourth-order valence-corrected chi connectivity index (χ4v) is 8.57. The number of anilines is 9. The molecule has 60 heavy (non-hydrogen) atoms. The number of hydrogen-bond donors (Lipinski definition) is 0. The molecule has 0 N–H and O–H groups in total. The molecule has 0 aliphatic rings. The van der Waals surface area contributed by atoms with Crippen LogP contribution < -0.4 is 14.7 Å². The summed E-state index contributed by atoms with van der Waals surface area (Å²) in [5, 5.41) is 7.02. The van der Waals surface area contributed by atoms with Crippen LogP contribution in [-0.2, 0) is 0 Å². The Kier molecular flexibility index (Phi) is 8.79. The first-order valence-electron chi connectivity index (χ1n) is 20.3. The summed E-state index contributed by atoms with van der Waals surface area (Å²) in [4.78, 5) is 6.98. The maximum atomic E-state index is 6.27. The highest BCUT2D eigenvalue weighted by molar-refractivity contribution is 6.17. The van der Waals surface area contributed by atoms with Crippen molar-refractivity contribution in [3.05, 3.63) is 237 Å². The molecule has 11 aromatic rings. The van der Waals surface area contributed by atoms with E-state index >= 15 is 0 Å². The smallest absolute Gasteiger partial charge is 0.136 e. The van der Waals surface area contributed by atoms with Crippen LogP contribution in [0.15, 0.2) is 241 Å². The van der Waals surface area contributed by atoms with Crippen molar-refractivity contribution < 1.29 is 4.42 Å². The molecule has 0 radical (unpaired) electrons. The van der Waals surface area contributed by atoms with Crippen LogP contribution in [0.3, 0.4) is 0 Å². The van der Waals surface area contributed by atoms with Gasteiger partial charge in [0.05, 0.1) is 0 Å². The number of nitrogens with zero attached hydrogens (tertiary/aromatic N) is 3. The summed E-state index contributed by atoms with van der Waals surface area (Å²) >= 11 is 0. The molecule has 4 nitrogen and oxygen atoms in total. The lowest BCUT2D eigenvalue weighted by Gasteiger charge is -2.30. The lowest BCUT2D eigenvalue weighted by molar-refractivity contribution is 0.669. The summed E-state index contributed by atoms with van der Waals surface area (Å²) in [6.07, 6.45) is 0. The Morgan fingerprint density at radius 1 is 0.217 bits per heavy atom. The first-order valence-corrected chi connectivity index (χ1v) is 20.3. The predicted molar refractivity (Wildman–Crippen MR) is 253 cm³/mol. The molecule has 0 aliphatic heterocycles. The standard InChI is InChI=1S/C56H39N3O/c1-5-16-42(17-6-1)57(43-18-7-2-8-19-43)48-24-15-25-49(37-48)58(44-20-9-3-10-21-44)46-32-34-47(35-33-46)59(45-22-11-4-12-23-45)50-31-30-40-28-29-41-36-56-54(39-53(41)52(40)38-50)51-26-13-14-27-55(51)60-56/h1-39H. The summed E-state index contributed by atoms with van der Waals surface area (Å²) in [6, 6.07) is 84.0. The van der Waals surface area contributed by atoms with Gasteiger partial charge in [0.15, 0.2) is 0 Å². The Labute approximate surface area is 349 Å². The van der Waals surface area contributed by atoms with Crippen LogP contribution in [0.5, 0.6) is 0 Å². The molecule has 0 atom stereocenters. The van der Waals surface area contributed by atoms with Gasteiger partial charge in [-0.1, -0.05) is 115 Å². The van der Waals surface area contributed by atoms with Crippen molar-refractivity contribution in [2.24, 2.45) is 0 Å². The van der Waals surface area contributed by atoms with Crippen molar-refractivity contribution in [2.75, 3.05) is 14.7 Å². The average Bonchev–Trinajstić information content (AvgIpc) is 3.68. The topological polar surface area (TPSA) is 22.9 Å². The summed E-state index contributed by atoms with van der Waals surface area (Å²) in [6.45, 7) is 0. The van der Waals surface area contributed by atoms with Gasteiger partial charge in [-0.2, -0.15) is 0 Å². The number of fused-ring (bicyclic) bond motifs is 6. The highest BCUT2D eigenvalue weighted by atomic mass is 16.3. The minimum atomic E-state index is 0.909. The molecule has 0 amide bonds. The average molecular weight is 770 g/mol. The fraction of sp³-hybridized carbons (Fsp3) is 0. The van der Waals surface area contributed by atoms with Gasteiger partial charge >= 0.3 is 0 Å². The molecule has 284 valence electrons. The van der Waals surface area contributed by atoms with Gasteiger partial charge in [-0.05, 0) is 143 Å². The molecule has 4 heteroatoms. The Balaban J connectivity index is 1.02. The van der Waals surface area contributed by atoms with Crippen LogP contribution in [0.25, 0.3) is 43.5 Å². The van der Waals surface area contributed by atoms with Crippen molar-refractivity contribution in [1.29, 1.82) is 0 Å². The molecule has 0 bridgehead atoms. The summed E-state index contributed by atoms with van der Waals surface area (Å²) < 4.78 is 6.27. The van der Waals surface area contributed by atoms with Crippen molar-refractivity contribution in [2.45, 2.75) is 0 Å². The number of para-hydroxylation sites is 5. The molecular formula is C56H39N3O. The molecule has 0 saturated heterocycles. The molecular weight excluding hydrogens is 731 g/mol. The number of furan rings is 1. The molecule has 1 heterocycles. The Bertz CT molecular complexity index is 3220. The lowest BCUT2D eigenvalue weighted by Crippen LogP contribution is -2.13. The Hall–Kier alpha value is -8.08. The van der Waals surface area contributed by atoms with E-state index in [0.717, 1.165) is 78.5 Å². The second-order valence-electron chi connectivity index (χ2n) is 15.0. The van der Waals surface area contributed by atoms with E-state index < -0.39 is 0 Å². The van der Waals surface area contributed by atoms with Gasteiger partial charge in [0, 0.05) is 62.0 Å². The zero-order valence-electron chi connectivity index (χ0n) is 32.8. The van der Waals surface area contributed by atoms with Crippen LogP contribution in [-0.4, -0.2) is 0 Å². The van der Waals surface area contributed by atoms with E-state index in [-0.39, 0.29) is 0 Å². The summed E-state index contributed by atoms with van der Waals surface area (Å²) in [5.74, 6) is 0. The number of hydrogen-bond acceptors (Lipinski definition) is 4. The molecule has 0 spiro atoms. The van der Waals surface area contributed by atoms with Gasteiger partial charge in [-0.3, -0.25) is 0 Å². The molecule has 1 aromatic heterocycles. The quantitative estimate of drug-likeness (QED) is 0.136. The summed E-state index contributed by atoms with van der Waals surface area (Å²) in [5.41, 5.74) is 11.5. The zero-order chi connectivity index (χ0) is 39.8. The van der Waals surface area contributed by atoms with Gasteiger partial charge in [0.2, 0.25) is 0 Å². The van der Waals surface area contributed by atoms with E-state index in [9.17, 15) is 0 Å². The van der Waals surface area contributed by atoms with E-state index in [1.807, 2.05) is 12.1 Å². The Morgan fingerprint density at radius 2 is 0.600 bits per heavy atom. The molecule has 0 aliphatic carbocycles. The van der Waals surface area contributed by atoms with Gasteiger partial charge in [0.1, 0.15) is 11.2 Å². The van der Waals surface area contributed by atoms with Crippen LogP contribution in [0.4, 0.5) is 51.2 Å². The largest absolute Gasteiger partial charge is 0.456 e. The molecule has 0 saturated carbocycles. The lowest BCUT2D eigenvalue weighted by atomic mass is 9.99. The number of rotatable bonds is 9. The third-order valence-electron chi connectivity index (χ3n) is 11.3. The molecule has 10 aromatic carbocycles. The molecule has 0 fully saturated rings. The van der Waals surface area contributed by atoms with Gasteiger partial charge in [-0.25, -0.2) is 0 Å². The van der Waals surface area contributed by atoms with Gasteiger partial charge < -0.3 is 19.1 Å². The predicted octanol–water partition coefficient (Wildman–Crippen LogP) is 16.3. The van der Waals surface area contributed by atoms with Crippen LogP contribution >= 0.6 is 0 Å². The monoisotopic (exact) mass is 769 g/mol. The van der Waals surface area contributed by atoms with E-state index in [1.54, 1.807) is 0 Å². The molecule has 11 rings (SSSR count). The van der Waals surface area contributed by atoms with Gasteiger partial charge in [-0.15, -0.1) is 0 Å². The van der Waals surface area contributed by atoms with Crippen molar-refractivity contribution in [1.82, 2.24) is 0 Å². The SMILES string of the molecule is c1ccc(N(c2ccccc2)c2cccc(N(c3ccccc3)c3ccc(N(c4ccccc4)c4ccc5ccc6cc7oc8ccccc8c7cc6c5c4)cc3)c2)cc1. The van der Waals surface area contributed by atoms with Crippen LogP contribution in [0.1, 0.15) is 0 Å². The third kappa shape index (κ3) is 6.37. The zero-order valence-corrected chi connectivity index (χ0v) is 32.8.